The number of thioether (sulfide) groups is 1. The van der Waals surface area contributed by atoms with Crippen molar-refractivity contribution in [1.82, 2.24) is 29.7 Å². The van der Waals surface area contributed by atoms with E-state index in [-0.39, 0.29) is 0 Å². The fourth-order valence-corrected chi connectivity index (χ4v) is 3.86. The summed E-state index contributed by atoms with van der Waals surface area (Å²) in [4.78, 5) is 13.5. The summed E-state index contributed by atoms with van der Waals surface area (Å²) in [6, 6.07) is 11.8. The minimum atomic E-state index is 0.582. The van der Waals surface area contributed by atoms with Gasteiger partial charge in [0, 0.05) is 30.8 Å². The standard InChI is InChI=1S/C20H20N6OS/c1-14-18(23-17-6-4-3-5-16(17)22-14)13-28-20-25-24-19(26(20)11-12-27-2)15-7-9-21-10-8-15/h3-10H,11-13H2,1-2H3. The first-order chi connectivity index (χ1) is 13.8. The number of rotatable bonds is 7. The number of para-hydroxylation sites is 2. The Balaban J connectivity index is 1.61. The molecule has 0 aliphatic heterocycles. The van der Waals surface area contributed by atoms with E-state index in [1.54, 1.807) is 31.3 Å². The van der Waals surface area contributed by atoms with Crippen LogP contribution in [0.3, 0.4) is 0 Å². The summed E-state index contributed by atoms with van der Waals surface area (Å²) in [7, 11) is 1.69. The Morgan fingerprint density at radius 1 is 1.00 bits per heavy atom. The van der Waals surface area contributed by atoms with Gasteiger partial charge >= 0.3 is 0 Å². The summed E-state index contributed by atoms with van der Waals surface area (Å²) < 4.78 is 7.35. The van der Waals surface area contributed by atoms with Gasteiger partial charge in [-0.3, -0.25) is 9.55 Å². The first-order valence-electron chi connectivity index (χ1n) is 8.94. The first-order valence-corrected chi connectivity index (χ1v) is 9.92. The number of fused-ring (bicyclic) bond motifs is 1. The van der Waals surface area contributed by atoms with Crippen molar-refractivity contribution in [2.75, 3.05) is 13.7 Å². The molecule has 142 valence electrons. The van der Waals surface area contributed by atoms with Crippen molar-refractivity contribution >= 4 is 22.8 Å². The Morgan fingerprint density at radius 2 is 1.75 bits per heavy atom. The van der Waals surface area contributed by atoms with Gasteiger partial charge in [-0.15, -0.1) is 10.2 Å². The molecule has 0 aliphatic rings. The maximum atomic E-state index is 5.27. The molecule has 0 N–H and O–H groups in total. The van der Waals surface area contributed by atoms with E-state index in [0.717, 1.165) is 39.0 Å². The molecule has 0 unspecified atom stereocenters. The number of hydrogen-bond acceptors (Lipinski definition) is 7. The summed E-state index contributed by atoms with van der Waals surface area (Å²) in [6.07, 6.45) is 3.51. The zero-order valence-electron chi connectivity index (χ0n) is 15.7. The van der Waals surface area contributed by atoms with Gasteiger partial charge in [0.1, 0.15) is 0 Å². The third-order valence-corrected chi connectivity index (χ3v) is 5.33. The molecular weight excluding hydrogens is 372 g/mol. The summed E-state index contributed by atoms with van der Waals surface area (Å²) in [5.74, 6) is 1.48. The van der Waals surface area contributed by atoms with Crippen molar-refractivity contribution in [3.8, 4) is 11.4 Å². The lowest BCUT2D eigenvalue weighted by atomic mass is 10.2. The number of ether oxygens (including phenoxy) is 1. The average molecular weight is 392 g/mol. The van der Waals surface area contributed by atoms with E-state index in [1.807, 2.05) is 43.3 Å². The molecule has 0 aliphatic carbocycles. The summed E-state index contributed by atoms with van der Waals surface area (Å²) >= 11 is 1.60. The third kappa shape index (κ3) is 3.88. The monoisotopic (exact) mass is 392 g/mol. The molecule has 8 heteroatoms. The molecule has 28 heavy (non-hydrogen) atoms. The van der Waals surface area contributed by atoms with Crippen molar-refractivity contribution in [2.24, 2.45) is 0 Å². The zero-order valence-corrected chi connectivity index (χ0v) is 16.6. The number of pyridine rings is 1. The molecular formula is C20H20N6OS. The van der Waals surface area contributed by atoms with Crippen LogP contribution in [0.25, 0.3) is 22.4 Å². The molecule has 0 spiro atoms. The second kappa shape index (κ2) is 8.45. The summed E-state index contributed by atoms with van der Waals surface area (Å²) in [5.41, 5.74) is 4.69. The van der Waals surface area contributed by atoms with Crippen LogP contribution in [0.1, 0.15) is 11.4 Å². The minimum absolute atomic E-state index is 0.582. The van der Waals surface area contributed by atoms with E-state index in [0.29, 0.717) is 18.9 Å². The van der Waals surface area contributed by atoms with Gasteiger partial charge < -0.3 is 4.74 Å². The van der Waals surface area contributed by atoms with Crippen molar-refractivity contribution in [3.63, 3.8) is 0 Å². The van der Waals surface area contributed by atoms with Gasteiger partial charge in [0.2, 0.25) is 0 Å². The quantitative estimate of drug-likeness (QED) is 0.445. The number of methoxy groups -OCH3 is 1. The molecule has 0 saturated heterocycles. The fourth-order valence-electron chi connectivity index (χ4n) is 2.89. The van der Waals surface area contributed by atoms with Crippen LogP contribution in [0.15, 0.2) is 53.9 Å². The highest BCUT2D eigenvalue weighted by molar-refractivity contribution is 7.98. The minimum Gasteiger partial charge on any atom is -0.383 e. The number of aromatic nitrogens is 6. The Morgan fingerprint density at radius 3 is 2.50 bits per heavy atom. The van der Waals surface area contributed by atoms with Gasteiger partial charge in [0.25, 0.3) is 0 Å². The molecule has 3 aromatic heterocycles. The molecule has 4 rings (SSSR count). The maximum absolute atomic E-state index is 5.27. The Bertz CT molecular complexity index is 1080. The van der Waals surface area contributed by atoms with Crippen LogP contribution >= 0.6 is 11.8 Å². The van der Waals surface area contributed by atoms with Crippen LogP contribution in [0.2, 0.25) is 0 Å². The highest BCUT2D eigenvalue weighted by Crippen LogP contribution is 2.27. The molecule has 0 saturated carbocycles. The highest BCUT2D eigenvalue weighted by Gasteiger charge is 2.15. The normalized spacial score (nSPS) is 11.2. The van der Waals surface area contributed by atoms with Crippen LogP contribution < -0.4 is 0 Å². The Hall–Kier alpha value is -2.84. The molecule has 0 bridgehead atoms. The molecule has 7 nitrogen and oxygen atoms in total. The lowest BCUT2D eigenvalue weighted by molar-refractivity contribution is 0.185. The van der Waals surface area contributed by atoms with Gasteiger partial charge in [0.05, 0.1) is 35.6 Å². The second-order valence-corrected chi connectivity index (χ2v) is 7.16. The van der Waals surface area contributed by atoms with E-state index in [4.69, 9.17) is 9.72 Å². The van der Waals surface area contributed by atoms with Crippen LogP contribution in [0, 0.1) is 6.92 Å². The number of hydrogen-bond donors (Lipinski definition) is 0. The van der Waals surface area contributed by atoms with Crippen LogP contribution in [0.4, 0.5) is 0 Å². The summed E-state index contributed by atoms with van der Waals surface area (Å²) in [6.45, 7) is 3.25. The third-order valence-electron chi connectivity index (χ3n) is 4.36. The van der Waals surface area contributed by atoms with Crippen molar-refractivity contribution in [3.05, 3.63) is 60.2 Å². The van der Waals surface area contributed by atoms with Crippen molar-refractivity contribution in [1.29, 1.82) is 0 Å². The van der Waals surface area contributed by atoms with E-state index in [1.165, 1.54) is 0 Å². The number of aryl methyl sites for hydroxylation is 1. The van der Waals surface area contributed by atoms with Crippen molar-refractivity contribution in [2.45, 2.75) is 24.4 Å². The predicted molar refractivity (Wildman–Crippen MR) is 109 cm³/mol. The lowest BCUT2D eigenvalue weighted by Crippen LogP contribution is -2.08. The van der Waals surface area contributed by atoms with Gasteiger partial charge in [-0.05, 0) is 31.2 Å². The van der Waals surface area contributed by atoms with E-state index in [2.05, 4.69) is 24.7 Å². The van der Waals surface area contributed by atoms with Gasteiger partial charge in [-0.1, -0.05) is 23.9 Å². The molecule has 1 aromatic carbocycles. The smallest absolute Gasteiger partial charge is 0.191 e. The van der Waals surface area contributed by atoms with Crippen molar-refractivity contribution < 1.29 is 4.74 Å². The van der Waals surface area contributed by atoms with E-state index < -0.39 is 0 Å². The van der Waals surface area contributed by atoms with Gasteiger partial charge in [-0.25, -0.2) is 9.97 Å². The molecule has 0 radical (unpaired) electrons. The largest absolute Gasteiger partial charge is 0.383 e. The lowest BCUT2D eigenvalue weighted by Gasteiger charge is -2.10. The first kappa shape index (κ1) is 18.5. The molecule has 4 aromatic rings. The second-order valence-electron chi connectivity index (χ2n) is 6.22. The Kier molecular flexibility index (Phi) is 5.59. The highest BCUT2D eigenvalue weighted by atomic mass is 32.2. The predicted octanol–water partition coefficient (Wildman–Crippen LogP) is 3.53. The van der Waals surface area contributed by atoms with Gasteiger partial charge in [-0.2, -0.15) is 0 Å². The zero-order chi connectivity index (χ0) is 19.3. The van der Waals surface area contributed by atoms with Crippen LogP contribution in [-0.2, 0) is 17.0 Å². The number of nitrogens with zero attached hydrogens (tertiary/aromatic N) is 6. The number of benzene rings is 1. The van der Waals surface area contributed by atoms with E-state index in [9.17, 15) is 0 Å². The van der Waals surface area contributed by atoms with Crippen LogP contribution in [-0.4, -0.2) is 43.4 Å². The van der Waals surface area contributed by atoms with E-state index >= 15 is 0 Å². The molecule has 0 fully saturated rings. The SMILES string of the molecule is COCCn1c(SCc2nc3ccccc3nc2C)nnc1-c1ccncc1. The Labute approximate surface area is 167 Å². The maximum Gasteiger partial charge on any atom is 0.191 e. The van der Waals surface area contributed by atoms with Gasteiger partial charge in [0.15, 0.2) is 11.0 Å². The topological polar surface area (TPSA) is 78.6 Å². The fraction of sp³-hybridized carbons (Fsp3) is 0.250. The molecule has 3 heterocycles. The molecule has 0 atom stereocenters. The van der Waals surface area contributed by atoms with Crippen LogP contribution in [0.5, 0.6) is 0 Å². The average Bonchev–Trinajstić information content (AvgIpc) is 3.14. The molecule has 0 amide bonds. The summed E-state index contributed by atoms with van der Waals surface area (Å²) in [5, 5.41) is 9.63.